The Kier molecular flexibility index (Phi) is 4.57. The molecule has 4 fully saturated rings. The first-order valence-electron chi connectivity index (χ1n) is 11.0. The van der Waals surface area contributed by atoms with Gasteiger partial charge < -0.3 is 9.84 Å². The minimum atomic E-state index is -1.36. The summed E-state index contributed by atoms with van der Waals surface area (Å²) in [6, 6.07) is 0. The van der Waals surface area contributed by atoms with E-state index in [2.05, 4.69) is 6.92 Å². The molecular formula is C23H34O5. The van der Waals surface area contributed by atoms with Gasteiger partial charge in [0.15, 0.2) is 5.78 Å². The second kappa shape index (κ2) is 6.38. The third-order valence-electron chi connectivity index (χ3n) is 9.37. The Hall–Kier alpha value is -1.23. The van der Waals surface area contributed by atoms with Gasteiger partial charge in [0.1, 0.15) is 17.5 Å². The van der Waals surface area contributed by atoms with E-state index in [0.717, 1.165) is 38.5 Å². The van der Waals surface area contributed by atoms with Gasteiger partial charge in [0.25, 0.3) is 0 Å². The molecule has 1 N–H and O–H groups in total. The number of hydrogen-bond donors (Lipinski definition) is 1. The molecule has 0 aromatic carbocycles. The van der Waals surface area contributed by atoms with E-state index in [0.29, 0.717) is 18.8 Å². The van der Waals surface area contributed by atoms with Gasteiger partial charge in [-0.25, -0.2) is 0 Å². The van der Waals surface area contributed by atoms with E-state index in [4.69, 9.17) is 4.74 Å². The van der Waals surface area contributed by atoms with Crippen molar-refractivity contribution in [2.45, 2.75) is 90.8 Å². The average molecular weight is 391 g/mol. The second-order valence-electron chi connectivity index (χ2n) is 10.5. The largest absolute Gasteiger partial charge is 0.463 e. The number of ketones is 2. The van der Waals surface area contributed by atoms with Crippen LogP contribution >= 0.6 is 0 Å². The third-order valence-corrected chi connectivity index (χ3v) is 9.37. The highest BCUT2D eigenvalue weighted by atomic mass is 16.5. The molecule has 4 aliphatic rings. The monoisotopic (exact) mass is 390 g/mol. The van der Waals surface area contributed by atoms with Gasteiger partial charge in [-0.05, 0) is 75.0 Å². The van der Waals surface area contributed by atoms with E-state index in [-0.39, 0.29) is 46.8 Å². The summed E-state index contributed by atoms with van der Waals surface area (Å²) in [6.07, 6.45) is 6.19. The van der Waals surface area contributed by atoms with Crippen molar-refractivity contribution in [2.75, 3.05) is 0 Å². The molecule has 28 heavy (non-hydrogen) atoms. The number of ether oxygens (including phenoxy) is 1. The van der Waals surface area contributed by atoms with E-state index in [9.17, 15) is 19.5 Å². The van der Waals surface area contributed by atoms with Crippen molar-refractivity contribution >= 4 is 17.5 Å². The molecule has 0 aromatic heterocycles. The van der Waals surface area contributed by atoms with Gasteiger partial charge >= 0.3 is 5.97 Å². The fraction of sp³-hybridized carbons (Fsp3) is 0.870. The fourth-order valence-electron chi connectivity index (χ4n) is 7.96. The topological polar surface area (TPSA) is 80.7 Å². The number of hydrogen-bond acceptors (Lipinski definition) is 5. The number of rotatable bonds is 2. The summed E-state index contributed by atoms with van der Waals surface area (Å²) < 4.78 is 5.49. The standard InChI is InChI=1S/C23H34O5/c1-13(24)23(27)10-8-18-17-6-5-15-11-16(28-14(2)25)7-9-21(15,3)20(17)19(26)12-22(18,23)4/h15-18,20,27H,5-12H2,1-4H3/t15-,16-,17+,18-,20-,21-,22-,23-/m1/s1. The minimum Gasteiger partial charge on any atom is -0.463 e. The van der Waals surface area contributed by atoms with Gasteiger partial charge in [0.2, 0.25) is 0 Å². The van der Waals surface area contributed by atoms with Crippen LogP contribution in [0.2, 0.25) is 0 Å². The van der Waals surface area contributed by atoms with Crippen LogP contribution in [0.25, 0.3) is 0 Å². The first-order chi connectivity index (χ1) is 13.0. The van der Waals surface area contributed by atoms with Crippen LogP contribution in [0.4, 0.5) is 0 Å². The molecule has 0 heterocycles. The normalized spacial score (nSPS) is 50.3. The van der Waals surface area contributed by atoms with E-state index in [1.807, 2.05) is 6.92 Å². The highest BCUT2D eigenvalue weighted by Crippen LogP contribution is 2.67. The molecule has 156 valence electrons. The van der Waals surface area contributed by atoms with Gasteiger partial charge in [-0.1, -0.05) is 13.8 Å². The molecule has 0 bridgehead atoms. The molecule has 4 saturated carbocycles. The summed E-state index contributed by atoms with van der Waals surface area (Å²) in [5.41, 5.74) is -2.05. The van der Waals surface area contributed by atoms with Crippen LogP contribution in [0.1, 0.15) is 79.1 Å². The van der Waals surface area contributed by atoms with Crippen LogP contribution in [-0.4, -0.2) is 34.3 Å². The van der Waals surface area contributed by atoms with Gasteiger partial charge in [0.05, 0.1) is 0 Å². The number of Topliss-reactive ketones (excluding diaryl/α,β-unsaturated/α-hetero) is 2. The van der Waals surface area contributed by atoms with Crippen LogP contribution in [0.3, 0.4) is 0 Å². The lowest BCUT2D eigenvalue weighted by atomic mass is 9.44. The van der Waals surface area contributed by atoms with Crippen LogP contribution < -0.4 is 0 Å². The number of carbonyl (C=O) groups excluding carboxylic acids is 3. The van der Waals surface area contributed by atoms with E-state index in [1.165, 1.54) is 13.8 Å². The highest BCUT2D eigenvalue weighted by Gasteiger charge is 2.68. The molecule has 5 heteroatoms. The summed E-state index contributed by atoms with van der Waals surface area (Å²) in [5.74, 6) is 0.722. The number of esters is 1. The van der Waals surface area contributed by atoms with Gasteiger partial charge in [0, 0.05) is 24.7 Å². The van der Waals surface area contributed by atoms with Gasteiger partial charge in [-0.3, -0.25) is 14.4 Å². The molecule has 0 unspecified atom stereocenters. The van der Waals surface area contributed by atoms with Crippen molar-refractivity contribution in [2.24, 2.45) is 34.5 Å². The van der Waals surface area contributed by atoms with Crippen LogP contribution in [0.5, 0.6) is 0 Å². The van der Waals surface area contributed by atoms with Crippen LogP contribution in [-0.2, 0) is 19.1 Å². The number of carbonyl (C=O) groups is 3. The summed E-state index contributed by atoms with van der Waals surface area (Å²) in [6.45, 7) is 7.18. The Labute approximate surface area is 167 Å². The zero-order chi connectivity index (χ0) is 20.5. The van der Waals surface area contributed by atoms with Crippen molar-refractivity contribution in [1.29, 1.82) is 0 Å². The highest BCUT2D eigenvalue weighted by molar-refractivity contribution is 5.90. The SMILES string of the molecule is CC(=O)O[C@@H]1CC[C@]2(C)[C@H](CC[C@H]3[C@H]4CC[C@@](O)(C(C)=O)[C@]4(C)CC(=O)[C@@H]32)C1. The van der Waals surface area contributed by atoms with Crippen molar-refractivity contribution in [3.05, 3.63) is 0 Å². The second-order valence-corrected chi connectivity index (χ2v) is 10.5. The molecule has 5 nitrogen and oxygen atoms in total. The summed E-state index contributed by atoms with van der Waals surface area (Å²) in [4.78, 5) is 37.2. The molecule has 0 saturated heterocycles. The number of aliphatic hydroxyl groups is 1. The molecule has 4 aliphatic carbocycles. The maximum Gasteiger partial charge on any atom is 0.302 e. The van der Waals surface area contributed by atoms with Crippen molar-refractivity contribution in [3.8, 4) is 0 Å². The first-order valence-corrected chi connectivity index (χ1v) is 11.0. The summed E-state index contributed by atoms with van der Waals surface area (Å²) in [7, 11) is 0. The van der Waals surface area contributed by atoms with E-state index in [1.54, 1.807) is 0 Å². The molecule has 4 rings (SSSR count). The maximum atomic E-state index is 13.5. The molecule has 0 radical (unpaired) electrons. The first kappa shape index (κ1) is 20.1. The Morgan fingerprint density at radius 1 is 1.07 bits per heavy atom. The average Bonchev–Trinajstić information content (AvgIpc) is 2.86. The smallest absolute Gasteiger partial charge is 0.302 e. The fourth-order valence-corrected chi connectivity index (χ4v) is 7.96. The van der Waals surface area contributed by atoms with E-state index >= 15 is 0 Å². The quantitative estimate of drug-likeness (QED) is 0.730. The zero-order valence-electron chi connectivity index (χ0n) is 17.6. The molecule has 0 aliphatic heterocycles. The molecule has 0 aromatic rings. The van der Waals surface area contributed by atoms with E-state index < -0.39 is 11.0 Å². The Morgan fingerprint density at radius 3 is 2.43 bits per heavy atom. The van der Waals surface area contributed by atoms with Crippen molar-refractivity contribution < 1.29 is 24.2 Å². The maximum absolute atomic E-state index is 13.5. The molecule has 0 amide bonds. The number of fused-ring (bicyclic) bond motifs is 5. The molecular weight excluding hydrogens is 356 g/mol. The predicted molar refractivity (Wildman–Crippen MR) is 103 cm³/mol. The van der Waals surface area contributed by atoms with Gasteiger partial charge in [-0.15, -0.1) is 0 Å². The molecule has 8 atom stereocenters. The Balaban J connectivity index is 1.63. The summed E-state index contributed by atoms with van der Waals surface area (Å²) >= 11 is 0. The van der Waals surface area contributed by atoms with Crippen molar-refractivity contribution in [1.82, 2.24) is 0 Å². The summed E-state index contributed by atoms with van der Waals surface area (Å²) in [5, 5.41) is 11.2. The third kappa shape index (κ3) is 2.57. The molecule has 0 spiro atoms. The predicted octanol–water partition coefficient (Wildman–Crippen LogP) is 3.46. The lowest BCUT2D eigenvalue weighted by Gasteiger charge is -2.60. The lowest BCUT2D eigenvalue weighted by molar-refractivity contribution is -0.181. The van der Waals surface area contributed by atoms with Crippen molar-refractivity contribution in [3.63, 3.8) is 0 Å². The lowest BCUT2D eigenvalue weighted by Crippen LogP contribution is -2.61. The van der Waals surface area contributed by atoms with Gasteiger partial charge in [-0.2, -0.15) is 0 Å². The van der Waals surface area contributed by atoms with Crippen LogP contribution in [0.15, 0.2) is 0 Å². The zero-order valence-corrected chi connectivity index (χ0v) is 17.6. The minimum absolute atomic E-state index is 0.0110. The van der Waals surface area contributed by atoms with Crippen LogP contribution in [0, 0.1) is 34.5 Å². The Morgan fingerprint density at radius 2 is 1.79 bits per heavy atom. The Bertz CT molecular complexity index is 716.